The van der Waals surface area contributed by atoms with Crippen LogP contribution in [0.1, 0.15) is 11.1 Å². The zero-order valence-corrected chi connectivity index (χ0v) is 12.1. The molecule has 0 aliphatic carbocycles. The van der Waals surface area contributed by atoms with E-state index in [2.05, 4.69) is 9.98 Å². The highest BCUT2D eigenvalue weighted by Gasteiger charge is 2.13. The summed E-state index contributed by atoms with van der Waals surface area (Å²) >= 11 is 0. The van der Waals surface area contributed by atoms with Crippen LogP contribution in [0.5, 0.6) is 11.5 Å². The average molecular weight is 294 g/mol. The van der Waals surface area contributed by atoms with Crippen LogP contribution in [-0.4, -0.2) is 34.7 Å². The fraction of sp³-hybridized carbons (Fsp3) is 0.222. The minimum Gasteiger partial charge on any atom is -0.508 e. The van der Waals surface area contributed by atoms with Crippen molar-refractivity contribution in [3.63, 3.8) is 0 Å². The zero-order chi connectivity index (χ0) is 15.4. The molecule has 0 spiro atoms. The first-order chi connectivity index (χ1) is 10.7. The van der Waals surface area contributed by atoms with Gasteiger partial charge in [0.1, 0.15) is 11.5 Å². The third-order valence-corrected chi connectivity index (χ3v) is 3.66. The molecule has 112 valence electrons. The van der Waals surface area contributed by atoms with Crippen molar-refractivity contribution in [3.8, 4) is 11.5 Å². The van der Waals surface area contributed by atoms with Crippen molar-refractivity contribution < 1.29 is 10.2 Å². The number of rotatable bonds is 4. The van der Waals surface area contributed by atoms with Crippen LogP contribution in [0.15, 0.2) is 58.5 Å². The van der Waals surface area contributed by atoms with Gasteiger partial charge < -0.3 is 10.2 Å². The molecular formula is C18H18N2O2. The lowest BCUT2D eigenvalue weighted by Gasteiger charge is -2.16. The number of hydrogen-bond acceptors (Lipinski definition) is 4. The van der Waals surface area contributed by atoms with Crippen LogP contribution < -0.4 is 0 Å². The molecule has 4 nitrogen and oxygen atoms in total. The first-order valence-corrected chi connectivity index (χ1v) is 7.31. The van der Waals surface area contributed by atoms with Crippen LogP contribution in [-0.2, 0) is 12.8 Å². The predicted octanol–water partition coefficient (Wildman–Crippen LogP) is 2.78. The van der Waals surface area contributed by atoms with Crippen LogP contribution in [0.3, 0.4) is 0 Å². The summed E-state index contributed by atoms with van der Waals surface area (Å²) in [5, 5.41) is 18.6. The van der Waals surface area contributed by atoms with Gasteiger partial charge in [0.05, 0.1) is 12.1 Å². The molecule has 0 radical (unpaired) electrons. The molecule has 3 rings (SSSR count). The van der Waals surface area contributed by atoms with Gasteiger partial charge in [-0.3, -0.25) is 9.98 Å². The molecule has 22 heavy (non-hydrogen) atoms. The highest BCUT2D eigenvalue weighted by molar-refractivity contribution is 5.78. The lowest BCUT2D eigenvalue weighted by molar-refractivity contribution is 0.474. The molecule has 0 bridgehead atoms. The molecule has 1 aliphatic heterocycles. The maximum Gasteiger partial charge on any atom is 0.115 e. The van der Waals surface area contributed by atoms with Gasteiger partial charge in [-0.2, -0.15) is 0 Å². The first-order valence-electron chi connectivity index (χ1n) is 7.31. The van der Waals surface area contributed by atoms with E-state index in [1.807, 2.05) is 36.7 Å². The average Bonchev–Trinajstić information content (AvgIpc) is 2.54. The Morgan fingerprint density at radius 3 is 1.32 bits per heavy atom. The van der Waals surface area contributed by atoms with Gasteiger partial charge in [-0.25, -0.2) is 0 Å². The molecule has 4 heteroatoms. The van der Waals surface area contributed by atoms with E-state index in [1.165, 1.54) is 0 Å². The molecule has 2 N–H and O–H groups in total. The molecule has 0 fully saturated rings. The van der Waals surface area contributed by atoms with E-state index in [-0.39, 0.29) is 23.6 Å². The number of phenols is 2. The highest BCUT2D eigenvalue weighted by Crippen LogP contribution is 2.15. The highest BCUT2D eigenvalue weighted by atomic mass is 16.3. The fourth-order valence-corrected chi connectivity index (χ4v) is 2.45. The predicted molar refractivity (Wildman–Crippen MR) is 88.2 cm³/mol. The van der Waals surface area contributed by atoms with Gasteiger partial charge in [0.25, 0.3) is 0 Å². The lowest BCUT2D eigenvalue weighted by Crippen LogP contribution is -2.22. The number of hydrogen-bond donors (Lipinski definition) is 2. The van der Waals surface area contributed by atoms with Gasteiger partial charge in [0.2, 0.25) is 0 Å². The maximum atomic E-state index is 9.28. The van der Waals surface area contributed by atoms with Crippen LogP contribution in [0.25, 0.3) is 0 Å². The van der Waals surface area contributed by atoms with E-state index in [1.54, 1.807) is 24.3 Å². The monoisotopic (exact) mass is 294 g/mol. The number of phenolic OH excluding ortho intramolecular Hbond substituents is 2. The third kappa shape index (κ3) is 3.73. The molecule has 1 heterocycles. The fourth-order valence-electron chi connectivity index (χ4n) is 2.45. The summed E-state index contributed by atoms with van der Waals surface area (Å²) in [5.74, 6) is 0.553. The SMILES string of the molecule is Oc1ccc(CC2C=NC(Cc3ccc(O)cc3)C=N2)cc1. The summed E-state index contributed by atoms with van der Waals surface area (Å²) in [4.78, 5) is 9.11. The number of aromatic hydroxyl groups is 2. The number of nitrogens with zero attached hydrogens (tertiary/aromatic N) is 2. The summed E-state index contributed by atoms with van der Waals surface area (Å²) in [5.41, 5.74) is 2.26. The number of benzene rings is 2. The van der Waals surface area contributed by atoms with Crippen LogP contribution in [0, 0.1) is 0 Å². The Bertz CT molecular complexity index is 602. The Labute approximate surface area is 129 Å². The molecule has 1 aliphatic rings. The van der Waals surface area contributed by atoms with Gasteiger partial charge in [-0.1, -0.05) is 24.3 Å². The summed E-state index contributed by atoms with van der Waals surface area (Å²) in [6.07, 6.45) is 5.37. The molecule has 2 atom stereocenters. The van der Waals surface area contributed by atoms with Gasteiger partial charge in [-0.15, -0.1) is 0 Å². The second kappa shape index (κ2) is 6.43. The summed E-state index contributed by atoms with van der Waals surface area (Å²) in [6.45, 7) is 0. The van der Waals surface area contributed by atoms with E-state index in [4.69, 9.17) is 0 Å². The molecule has 0 aromatic heterocycles. The Kier molecular flexibility index (Phi) is 4.19. The third-order valence-electron chi connectivity index (χ3n) is 3.66. The van der Waals surface area contributed by atoms with Crippen molar-refractivity contribution >= 4 is 12.4 Å². The Balaban J connectivity index is 1.56. The normalized spacial score (nSPS) is 20.2. The molecule has 0 amide bonds. The van der Waals surface area contributed by atoms with Crippen molar-refractivity contribution in [1.29, 1.82) is 0 Å². The van der Waals surface area contributed by atoms with Crippen molar-refractivity contribution in [1.82, 2.24) is 0 Å². The van der Waals surface area contributed by atoms with Gasteiger partial charge >= 0.3 is 0 Å². The van der Waals surface area contributed by atoms with Gasteiger partial charge in [-0.05, 0) is 48.2 Å². The maximum absolute atomic E-state index is 9.28. The van der Waals surface area contributed by atoms with Crippen LogP contribution in [0.4, 0.5) is 0 Å². The Hall–Kier alpha value is -2.62. The summed E-state index contributed by atoms with van der Waals surface area (Å²) in [7, 11) is 0. The second-order valence-corrected chi connectivity index (χ2v) is 5.47. The van der Waals surface area contributed by atoms with Crippen molar-refractivity contribution in [3.05, 3.63) is 59.7 Å². The number of aliphatic imine (C=N–C) groups is 2. The van der Waals surface area contributed by atoms with E-state index >= 15 is 0 Å². The zero-order valence-electron chi connectivity index (χ0n) is 12.1. The minimum absolute atomic E-state index is 0.0561. The Morgan fingerprint density at radius 2 is 1.00 bits per heavy atom. The van der Waals surface area contributed by atoms with Crippen molar-refractivity contribution in [2.24, 2.45) is 9.98 Å². The topological polar surface area (TPSA) is 65.2 Å². The van der Waals surface area contributed by atoms with E-state index < -0.39 is 0 Å². The van der Waals surface area contributed by atoms with Gasteiger partial charge in [0, 0.05) is 12.4 Å². The lowest BCUT2D eigenvalue weighted by atomic mass is 10.0. The first kappa shape index (κ1) is 14.3. The van der Waals surface area contributed by atoms with Gasteiger partial charge in [0.15, 0.2) is 0 Å². The second-order valence-electron chi connectivity index (χ2n) is 5.47. The van der Waals surface area contributed by atoms with Crippen LogP contribution in [0.2, 0.25) is 0 Å². The minimum atomic E-state index is 0.0561. The van der Waals surface area contributed by atoms with Crippen LogP contribution >= 0.6 is 0 Å². The summed E-state index contributed by atoms with van der Waals surface area (Å²) < 4.78 is 0. The molecular weight excluding hydrogens is 276 g/mol. The molecule has 0 saturated heterocycles. The largest absolute Gasteiger partial charge is 0.508 e. The quantitative estimate of drug-likeness (QED) is 0.910. The molecule has 0 saturated carbocycles. The molecule has 2 aromatic rings. The summed E-state index contributed by atoms with van der Waals surface area (Å²) in [6, 6.07) is 14.5. The van der Waals surface area contributed by atoms with E-state index in [0.717, 1.165) is 24.0 Å². The van der Waals surface area contributed by atoms with E-state index in [0.29, 0.717) is 0 Å². The van der Waals surface area contributed by atoms with E-state index in [9.17, 15) is 10.2 Å². The molecule has 2 unspecified atom stereocenters. The smallest absolute Gasteiger partial charge is 0.115 e. The Morgan fingerprint density at radius 1 is 0.636 bits per heavy atom. The van der Waals surface area contributed by atoms with Crippen molar-refractivity contribution in [2.75, 3.05) is 0 Å². The molecule has 2 aromatic carbocycles. The van der Waals surface area contributed by atoms with Crippen molar-refractivity contribution in [2.45, 2.75) is 24.9 Å². The standard InChI is InChI=1S/C18H18N2O2/c21-17-5-1-13(2-6-17)9-15-11-20-16(12-19-15)10-14-3-7-18(22)8-4-14/h1-8,11-12,15-16,21-22H,9-10H2.